The lowest BCUT2D eigenvalue weighted by molar-refractivity contribution is 0.0866. The molecule has 1 spiro atoms. The maximum atomic E-state index is 12.4. The number of carbonyl (C=O) groups is 1. The highest BCUT2D eigenvalue weighted by atomic mass is 16.6. The van der Waals surface area contributed by atoms with Gasteiger partial charge in [0, 0.05) is 18.5 Å². The Hall–Kier alpha value is -2.49. The van der Waals surface area contributed by atoms with E-state index in [1.54, 1.807) is 11.0 Å². The van der Waals surface area contributed by atoms with Gasteiger partial charge >= 0.3 is 6.09 Å². The van der Waals surface area contributed by atoms with Crippen molar-refractivity contribution in [3.05, 3.63) is 65.2 Å². The third kappa shape index (κ3) is 2.65. The second-order valence-corrected chi connectivity index (χ2v) is 6.52. The van der Waals surface area contributed by atoms with Gasteiger partial charge < -0.3 is 14.7 Å². The first kappa shape index (κ1) is 14.1. The number of ether oxygens (including phenoxy) is 1. The van der Waals surface area contributed by atoms with Crippen LogP contribution in [-0.4, -0.2) is 22.6 Å². The summed E-state index contributed by atoms with van der Waals surface area (Å²) in [5, 5.41) is 9.73. The van der Waals surface area contributed by atoms with E-state index in [9.17, 15) is 9.90 Å². The molecule has 1 aliphatic heterocycles. The quantitative estimate of drug-likeness (QED) is 0.922. The average Bonchev–Trinajstić information content (AvgIpc) is 3.34. The van der Waals surface area contributed by atoms with E-state index in [0.29, 0.717) is 25.4 Å². The molecule has 1 heterocycles. The fraction of sp³-hybridized carbons (Fsp3) is 0.316. The number of hydrogen-bond donors (Lipinski definition) is 1. The van der Waals surface area contributed by atoms with E-state index < -0.39 is 0 Å². The molecule has 0 bridgehead atoms. The monoisotopic (exact) mass is 309 g/mol. The Bertz CT molecular complexity index is 738. The van der Waals surface area contributed by atoms with Crippen LogP contribution in [0, 0.1) is 0 Å². The second kappa shape index (κ2) is 5.30. The smallest absolute Gasteiger partial charge is 0.410 e. The molecule has 23 heavy (non-hydrogen) atoms. The number of benzene rings is 2. The summed E-state index contributed by atoms with van der Waals surface area (Å²) < 4.78 is 5.47. The van der Waals surface area contributed by atoms with Crippen molar-refractivity contribution in [3.8, 4) is 5.75 Å². The SMILES string of the molecule is O=C(OCc1ccccc1)N1Cc2ccc(O)cc2C2(CC2)C1. The molecule has 118 valence electrons. The van der Waals surface area contributed by atoms with E-state index in [0.717, 1.165) is 24.0 Å². The van der Waals surface area contributed by atoms with Gasteiger partial charge in [0.1, 0.15) is 12.4 Å². The standard InChI is InChI=1S/C19H19NO3/c21-16-7-6-15-11-20(13-19(8-9-19)17(15)10-16)18(22)23-12-14-4-2-1-3-5-14/h1-7,10,21H,8-9,11-13H2. The van der Waals surface area contributed by atoms with Crippen LogP contribution in [0.4, 0.5) is 4.79 Å². The Morgan fingerprint density at radius 1 is 1.17 bits per heavy atom. The number of fused-ring (bicyclic) bond motifs is 2. The molecule has 2 aliphatic rings. The summed E-state index contributed by atoms with van der Waals surface area (Å²) in [6.45, 7) is 1.52. The Balaban J connectivity index is 1.48. The molecule has 1 N–H and O–H groups in total. The van der Waals surface area contributed by atoms with Gasteiger partial charge in [-0.25, -0.2) is 4.79 Å². The molecule has 1 amide bonds. The first-order valence-corrected chi connectivity index (χ1v) is 7.94. The van der Waals surface area contributed by atoms with Gasteiger partial charge in [0.05, 0.1) is 0 Å². The molecule has 4 nitrogen and oxygen atoms in total. The van der Waals surface area contributed by atoms with Crippen LogP contribution in [0.1, 0.15) is 29.5 Å². The largest absolute Gasteiger partial charge is 0.508 e. The van der Waals surface area contributed by atoms with Crippen molar-refractivity contribution in [2.45, 2.75) is 31.4 Å². The van der Waals surface area contributed by atoms with Gasteiger partial charge in [-0.05, 0) is 41.7 Å². The molecule has 2 aromatic rings. The third-order valence-corrected chi connectivity index (χ3v) is 4.84. The van der Waals surface area contributed by atoms with Crippen LogP contribution in [0.5, 0.6) is 5.75 Å². The first-order valence-electron chi connectivity index (χ1n) is 7.94. The predicted octanol–water partition coefficient (Wildman–Crippen LogP) is 3.58. The van der Waals surface area contributed by atoms with Crippen LogP contribution in [0.3, 0.4) is 0 Å². The van der Waals surface area contributed by atoms with Crippen molar-refractivity contribution in [2.75, 3.05) is 6.54 Å². The van der Waals surface area contributed by atoms with Crippen molar-refractivity contribution >= 4 is 6.09 Å². The van der Waals surface area contributed by atoms with Crippen molar-refractivity contribution < 1.29 is 14.6 Å². The van der Waals surface area contributed by atoms with Crippen LogP contribution < -0.4 is 0 Å². The molecule has 4 heteroatoms. The number of amides is 1. The molecule has 2 aromatic carbocycles. The zero-order valence-electron chi connectivity index (χ0n) is 12.9. The molecular weight excluding hydrogens is 290 g/mol. The maximum Gasteiger partial charge on any atom is 0.410 e. The molecule has 0 radical (unpaired) electrons. The van der Waals surface area contributed by atoms with E-state index in [1.807, 2.05) is 42.5 Å². The highest BCUT2D eigenvalue weighted by Gasteiger charge is 2.50. The second-order valence-electron chi connectivity index (χ2n) is 6.52. The third-order valence-electron chi connectivity index (χ3n) is 4.84. The van der Waals surface area contributed by atoms with Gasteiger partial charge in [-0.3, -0.25) is 0 Å². The number of phenolic OH excluding ortho intramolecular Hbond substituents is 1. The minimum atomic E-state index is -0.265. The van der Waals surface area contributed by atoms with E-state index in [-0.39, 0.29) is 11.5 Å². The van der Waals surface area contributed by atoms with Gasteiger partial charge in [-0.1, -0.05) is 36.4 Å². The number of aromatic hydroxyl groups is 1. The fourth-order valence-corrected chi connectivity index (χ4v) is 3.43. The van der Waals surface area contributed by atoms with Crippen molar-refractivity contribution in [1.82, 2.24) is 4.90 Å². The van der Waals surface area contributed by atoms with E-state index in [2.05, 4.69) is 0 Å². The van der Waals surface area contributed by atoms with Gasteiger partial charge in [0.15, 0.2) is 0 Å². The van der Waals surface area contributed by atoms with Crippen LogP contribution in [0.25, 0.3) is 0 Å². The zero-order valence-corrected chi connectivity index (χ0v) is 12.9. The van der Waals surface area contributed by atoms with Crippen molar-refractivity contribution in [2.24, 2.45) is 0 Å². The topological polar surface area (TPSA) is 49.8 Å². The Morgan fingerprint density at radius 3 is 2.70 bits per heavy atom. The minimum absolute atomic E-state index is 0.0259. The Labute approximate surface area is 135 Å². The van der Waals surface area contributed by atoms with Crippen LogP contribution in [-0.2, 0) is 23.3 Å². The molecular formula is C19H19NO3. The average molecular weight is 309 g/mol. The van der Waals surface area contributed by atoms with E-state index in [1.165, 1.54) is 5.56 Å². The number of nitrogens with zero attached hydrogens (tertiary/aromatic N) is 1. The Morgan fingerprint density at radius 2 is 1.96 bits per heavy atom. The van der Waals surface area contributed by atoms with Gasteiger partial charge in [0.2, 0.25) is 0 Å². The normalized spacial score (nSPS) is 17.7. The highest BCUT2D eigenvalue weighted by Crippen LogP contribution is 2.53. The van der Waals surface area contributed by atoms with Crippen LogP contribution in [0.2, 0.25) is 0 Å². The molecule has 1 fully saturated rings. The Kier molecular flexibility index (Phi) is 3.26. The highest BCUT2D eigenvalue weighted by molar-refractivity contribution is 5.69. The molecule has 0 saturated heterocycles. The number of phenols is 1. The molecule has 4 rings (SSSR count). The molecule has 1 saturated carbocycles. The number of hydrogen-bond acceptors (Lipinski definition) is 3. The van der Waals surface area contributed by atoms with Crippen molar-refractivity contribution in [3.63, 3.8) is 0 Å². The molecule has 1 aliphatic carbocycles. The van der Waals surface area contributed by atoms with Gasteiger partial charge in [-0.15, -0.1) is 0 Å². The summed E-state index contributed by atoms with van der Waals surface area (Å²) in [5.74, 6) is 0.301. The first-order chi connectivity index (χ1) is 11.2. The minimum Gasteiger partial charge on any atom is -0.508 e. The summed E-state index contributed by atoms with van der Waals surface area (Å²) in [6.07, 6.45) is 1.86. The predicted molar refractivity (Wildman–Crippen MR) is 86.1 cm³/mol. The van der Waals surface area contributed by atoms with E-state index >= 15 is 0 Å². The lowest BCUT2D eigenvalue weighted by atomic mass is 9.87. The fourth-order valence-electron chi connectivity index (χ4n) is 3.43. The summed E-state index contributed by atoms with van der Waals surface area (Å²) >= 11 is 0. The maximum absolute atomic E-state index is 12.4. The number of rotatable bonds is 2. The molecule has 0 atom stereocenters. The summed E-state index contributed by atoms with van der Waals surface area (Å²) in [6, 6.07) is 15.2. The van der Waals surface area contributed by atoms with Gasteiger partial charge in [-0.2, -0.15) is 0 Å². The van der Waals surface area contributed by atoms with Crippen LogP contribution >= 0.6 is 0 Å². The zero-order chi connectivity index (χ0) is 15.9. The van der Waals surface area contributed by atoms with E-state index in [4.69, 9.17) is 4.74 Å². The number of carbonyl (C=O) groups excluding carboxylic acids is 1. The lowest BCUT2D eigenvalue weighted by Gasteiger charge is -2.34. The summed E-state index contributed by atoms with van der Waals surface area (Å²) in [5.41, 5.74) is 3.33. The van der Waals surface area contributed by atoms with Crippen LogP contribution in [0.15, 0.2) is 48.5 Å². The van der Waals surface area contributed by atoms with Crippen molar-refractivity contribution in [1.29, 1.82) is 0 Å². The summed E-state index contributed by atoms with van der Waals surface area (Å²) in [7, 11) is 0. The lowest BCUT2D eigenvalue weighted by Crippen LogP contribution is -2.41. The molecule has 0 aromatic heterocycles. The molecule has 0 unspecified atom stereocenters. The summed E-state index contributed by atoms with van der Waals surface area (Å²) in [4.78, 5) is 14.2. The van der Waals surface area contributed by atoms with Gasteiger partial charge in [0.25, 0.3) is 0 Å².